The minimum atomic E-state index is -0.988. The van der Waals surface area contributed by atoms with Crippen LogP contribution in [0, 0.1) is 0 Å². The van der Waals surface area contributed by atoms with E-state index in [9.17, 15) is 4.79 Å². The van der Waals surface area contributed by atoms with Gasteiger partial charge in [-0.1, -0.05) is 31.5 Å². The fourth-order valence-electron chi connectivity index (χ4n) is 1.02. The van der Waals surface area contributed by atoms with Gasteiger partial charge in [0.15, 0.2) is 5.16 Å². The molecule has 0 aromatic carbocycles. The lowest BCUT2D eigenvalue weighted by molar-refractivity contribution is 0.0695. The zero-order valence-corrected chi connectivity index (χ0v) is 9.46. The molecule has 0 aliphatic heterocycles. The highest BCUT2D eigenvalue weighted by Crippen LogP contribution is 2.14. The third-order valence-electron chi connectivity index (χ3n) is 1.85. The summed E-state index contributed by atoms with van der Waals surface area (Å²) in [5.41, 5.74) is 0.132. The fraction of sp³-hybridized carbons (Fsp3) is 0.500. The van der Waals surface area contributed by atoms with Crippen molar-refractivity contribution in [2.45, 2.75) is 31.3 Å². The van der Waals surface area contributed by atoms with Crippen LogP contribution >= 0.6 is 11.8 Å². The van der Waals surface area contributed by atoms with E-state index in [1.807, 2.05) is 0 Å². The topological polar surface area (TPSA) is 63.1 Å². The van der Waals surface area contributed by atoms with Gasteiger partial charge < -0.3 is 5.11 Å². The molecule has 0 bridgehead atoms. The average molecular weight is 226 g/mol. The van der Waals surface area contributed by atoms with Gasteiger partial charge in [0, 0.05) is 18.1 Å². The second-order valence-electron chi connectivity index (χ2n) is 3.12. The van der Waals surface area contributed by atoms with E-state index >= 15 is 0 Å². The van der Waals surface area contributed by atoms with Gasteiger partial charge in [0.1, 0.15) is 0 Å². The van der Waals surface area contributed by atoms with E-state index in [0.29, 0.717) is 5.16 Å². The van der Waals surface area contributed by atoms with E-state index in [-0.39, 0.29) is 5.56 Å². The number of carboxylic acids is 1. The van der Waals surface area contributed by atoms with Crippen molar-refractivity contribution in [1.82, 2.24) is 9.97 Å². The molecule has 1 aromatic rings. The number of hydrogen-bond acceptors (Lipinski definition) is 4. The molecule has 1 rings (SSSR count). The fourth-order valence-corrected chi connectivity index (χ4v) is 1.80. The molecule has 0 spiro atoms. The zero-order valence-electron chi connectivity index (χ0n) is 8.64. The number of hydrogen-bond donors (Lipinski definition) is 1. The molecule has 0 radical (unpaired) electrons. The first kappa shape index (κ1) is 12.0. The monoisotopic (exact) mass is 226 g/mol. The Bertz CT molecular complexity index is 314. The first-order chi connectivity index (χ1) is 7.24. The predicted octanol–water partition coefficient (Wildman–Crippen LogP) is 2.46. The number of aromatic carboxylic acids is 1. The van der Waals surface area contributed by atoms with Crippen LogP contribution in [-0.2, 0) is 0 Å². The molecular weight excluding hydrogens is 212 g/mol. The summed E-state index contributed by atoms with van der Waals surface area (Å²) in [5, 5.41) is 9.28. The number of thioether (sulfide) groups is 1. The van der Waals surface area contributed by atoms with Crippen molar-refractivity contribution in [1.29, 1.82) is 0 Å². The molecule has 0 fully saturated rings. The first-order valence-electron chi connectivity index (χ1n) is 4.92. The molecule has 0 aliphatic rings. The van der Waals surface area contributed by atoms with Crippen LogP contribution in [0.25, 0.3) is 0 Å². The standard InChI is InChI=1S/C10H14N2O2S/c1-2-3-4-5-15-10-11-6-8(7-12-10)9(13)14/h6-7H,2-5H2,1H3,(H,13,14). The summed E-state index contributed by atoms with van der Waals surface area (Å²) in [7, 11) is 0. The molecule has 0 aliphatic carbocycles. The zero-order chi connectivity index (χ0) is 11.1. The highest BCUT2D eigenvalue weighted by molar-refractivity contribution is 7.99. The van der Waals surface area contributed by atoms with E-state index < -0.39 is 5.97 Å². The molecule has 0 unspecified atom stereocenters. The summed E-state index contributed by atoms with van der Waals surface area (Å²) >= 11 is 1.57. The summed E-state index contributed by atoms with van der Waals surface area (Å²) in [4.78, 5) is 18.5. The highest BCUT2D eigenvalue weighted by Gasteiger charge is 2.04. The Morgan fingerprint density at radius 2 is 2.07 bits per heavy atom. The van der Waals surface area contributed by atoms with Crippen LogP contribution in [-0.4, -0.2) is 26.8 Å². The van der Waals surface area contributed by atoms with E-state index in [2.05, 4.69) is 16.9 Å². The molecule has 5 heteroatoms. The summed E-state index contributed by atoms with van der Waals surface area (Å²) in [6.45, 7) is 2.16. The minimum Gasteiger partial charge on any atom is -0.478 e. The van der Waals surface area contributed by atoms with E-state index in [0.717, 1.165) is 12.2 Å². The lowest BCUT2D eigenvalue weighted by Gasteiger charge is -1.99. The van der Waals surface area contributed by atoms with Gasteiger partial charge >= 0.3 is 5.97 Å². The molecule has 0 saturated heterocycles. The van der Waals surface area contributed by atoms with Gasteiger partial charge in [-0.3, -0.25) is 0 Å². The largest absolute Gasteiger partial charge is 0.478 e. The Morgan fingerprint density at radius 3 is 2.60 bits per heavy atom. The molecule has 15 heavy (non-hydrogen) atoms. The van der Waals surface area contributed by atoms with Gasteiger partial charge in [-0.15, -0.1) is 0 Å². The maximum atomic E-state index is 10.5. The van der Waals surface area contributed by atoms with E-state index in [1.54, 1.807) is 11.8 Å². The van der Waals surface area contributed by atoms with Crippen molar-refractivity contribution < 1.29 is 9.90 Å². The molecule has 0 amide bonds. The number of nitrogens with zero attached hydrogens (tertiary/aromatic N) is 2. The lowest BCUT2D eigenvalue weighted by atomic mass is 10.3. The molecule has 4 nitrogen and oxygen atoms in total. The van der Waals surface area contributed by atoms with Crippen LogP contribution in [0.2, 0.25) is 0 Å². The number of carbonyl (C=O) groups is 1. The highest BCUT2D eigenvalue weighted by atomic mass is 32.2. The van der Waals surface area contributed by atoms with Gasteiger partial charge in [0.2, 0.25) is 0 Å². The third-order valence-corrected chi connectivity index (χ3v) is 2.82. The van der Waals surface area contributed by atoms with Crippen molar-refractivity contribution in [2.24, 2.45) is 0 Å². The van der Waals surface area contributed by atoms with Crippen LogP contribution in [0.3, 0.4) is 0 Å². The molecule has 82 valence electrons. The average Bonchev–Trinajstić information content (AvgIpc) is 2.25. The SMILES string of the molecule is CCCCCSc1ncc(C(=O)O)cn1. The Labute approximate surface area is 93.1 Å². The second kappa shape index (κ2) is 6.40. The number of rotatable bonds is 6. The number of unbranched alkanes of at least 4 members (excludes halogenated alkanes) is 2. The smallest absolute Gasteiger partial charge is 0.338 e. The Kier molecular flexibility index (Phi) is 5.10. The van der Waals surface area contributed by atoms with Crippen LogP contribution in [0.15, 0.2) is 17.6 Å². The third kappa shape index (κ3) is 4.29. The summed E-state index contributed by atoms with van der Waals surface area (Å²) in [6, 6.07) is 0. The Hall–Kier alpha value is -1.10. The van der Waals surface area contributed by atoms with Gasteiger partial charge in [0.05, 0.1) is 5.56 Å². The molecule has 1 aromatic heterocycles. The van der Waals surface area contributed by atoms with Crippen molar-refractivity contribution >= 4 is 17.7 Å². The summed E-state index contributed by atoms with van der Waals surface area (Å²) in [5.74, 6) is -0.00203. The first-order valence-corrected chi connectivity index (χ1v) is 5.90. The van der Waals surface area contributed by atoms with Crippen LogP contribution in [0.1, 0.15) is 36.5 Å². The maximum absolute atomic E-state index is 10.5. The molecule has 1 N–H and O–H groups in total. The molecular formula is C10H14N2O2S. The van der Waals surface area contributed by atoms with E-state index in [4.69, 9.17) is 5.11 Å². The van der Waals surface area contributed by atoms with Crippen LogP contribution in [0.4, 0.5) is 0 Å². The normalized spacial score (nSPS) is 10.2. The van der Waals surface area contributed by atoms with Gasteiger partial charge in [-0.2, -0.15) is 0 Å². The molecule has 0 saturated carbocycles. The maximum Gasteiger partial charge on any atom is 0.338 e. The Balaban J connectivity index is 2.39. The lowest BCUT2D eigenvalue weighted by Crippen LogP contribution is -1.99. The molecule has 0 atom stereocenters. The van der Waals surface area contributed by atoms with Gasteiger partial charge in [0.25, 0.3) is 0 Å². The summed E-state index contributed by atoms with van der Waals surface area (Å²) in [6.07, 6.45) is 6.24. The van der Waals surface area contributed by atoms with Crippen LogP contribution < -0.4 is 0 Å². The van der Waals surface area contributed by atoms with Gasteiger partial charge in [-0.25, -0.2) is 14.8 Å². The number of carboxylic acid groups (broad SMARTS) is 1. The number of aromatic nitrogens is 2. The van der Waals surface area contributed by atoms with E-state index in [1.165, 1.54) is 25.2 Å². The summed E-state index contributed by atoms with van der Waals surface area (Å²) < 4.78 is 0. The van der Waals surface area contributed by atoms with Crippen molar-refractivity contribution in [3.63, 3.8) is 0 Å². The molecule has 1 heterocycles. The van der Waals surface area contributed by atoms with Crippen LogP contribution in [0.5, 0.6) is 0 Å². The minimum absolute atomic E-state index is 0.132. The second-order valence-corrected chi connectivity index (χ2v) is 4.18. The predicted molar refractivity (Wildman–Crippen MR) is 59.2 cm³/mol. The Morgan fingerprint density at radius 1 is 1.40 bits per heavy atom. The van der Waals surface area contributed by atoms with Crippen molar-refractivity contribution in [3.05, 3.63) is 18.0 Å². The van der Waals surface area contributed by atoms with Crippen molar-refractivity contribution in [3.8, 4) is 0 Å². The quantitative estimate of drug-likeness (QED) is 0.458. The van der Waals surface area contributed by atoms with Crippen molar-refractivity contribution in [2.75, 3.05) is 5.75 Å². The van der Waals surface area contributed by atoms with Gasteiger partial charge in [-0.05, 0) is 6.42 Å².